The van der Waals surface area contributed by atoms with E-state index < -0.39 is 17.6 Å². The van der Waals surface area contributed by atoms with E-state index in [1.54, 1.807) is 24.3 Å². The monoisotopic (exact) mass is 439 g/mol. The summed E-state index contributed by atoms with van der Waals surface area (Å²) in [7, 11) is 1.50. The standard InChI is InChI=1S/C23H15ClFNO3S/c1-29-19-10-6-5-9-16(19)20-21(30-15-7-3-2-4-8-15)23(28)26(22(20)27)14-11-12-18(25)17(24)13-14/h2-13H,1H3. The van der Waals surface area contributed by atoms with Gasteiger partial charge in [0.1, 0.15) is 11.6 Å². The Morgan fingerprint density at radius 3 is 2.33 bits per heavy atom. The van der Waals surface area contributed by atoms with Crippen LogP contribution in [-0.4, -0.2) is 18.9 Å². The Balaban J connectivity index is 1.87. The summed E-state index contributed by atoms with van der Waals surface area (Å²) in [5.74, 6) is -1.18. The van der Waals surface area contributed by atoms with Crippen molar-refractivity contribution in [2.45, 2.75) is 4.90 Å². The smallest absolute Gasteiger partial charge is 0.272 e. The molecule has 1 heterocycles. The van der Waals surface area contributed by atoms with Crippen molar-refractivity contribution in [3.63, 3.8) is 0 Å². The molecule has 4 nitrogen and oxygen atoms in total. The minimum absolute atomic E-state index is 0.170. The van der Waals surface area contributed by atoms with E-state index in [-0.39, 0.29) is 21.2 Å². The summed E-state index contributed by atoms with van der Waals surface area (Å²) in [6, 6.07) is 20.0. The van der Waals surface area contributed by atoms with Gasteiger partial charge in [0.15, 0.2) is 0 Å². The maximum atomic E-state index is 13.6. The zero-order valence-corrected chi connectivity index (χ0v) is 17.3. The van der Waals surface area contributed by atoms with E-state index in [4.69, 9.17) is 16.3 Å². The van der Waals surface area contributed by atoms with Crippen LogP contribution in [0.1, 0.15) is 5.56 Å². The summed E-state index contributed by atoms with van der Waals surface area (Å²) < 4.78 is 19.1. The quantitative estimate of drug-likeness (QED) is 0.488. The summed E-state index contributed by atoms with van der Waals surface area (Å²) in [6.45, 7) is 0. The fraction of sp³-hybridized carbons (Fsp3) is 0.0435. The molecule has 3 aromatic rings. The lowest BCUT2D eigenvalue weighted by Gasteiger charge is -2.16. The molecule has 7 heteroatoms. The molecule has 150 valence electrons. The van der Waals surface area contributed by atoms with Crippen LogP contribution in [0.2, 0.25) is 5.02 Å². The topological polar surface area (TPSA) is 46.6 Å². The molecule has 0 aromatic heterocycles. The van der Waals surface area contributed by atoms with Crippen molar-refractivity contribution in [3.8, 4) is 5.75 Å². The molecule has 0 unspecified atom stereocenters. The van der Waals surface area contributed by atoms with Crippen LogP contribution in [0.25, 0.3) is 5.57 Å². The van der Waals surface area contributed by atoms with Gasteiger partial charge in [-0.1, -0.05) is 59.8 Å². The highest BCUT2D eigenvalue weighted by molar-refractivity contribution is 8.04. The SMILES string of the molecule is COc1ccccc1C1=C(Sc2ccccc2)C(=O)N(c2ccc(F)c(Cl)c2)C1=O. The van der Waals surface area contributed by atoms with Crippen LogP contribution < -0.4 is 9.64 Å². The van der Waals surface area contributed by atoms with Gasteiger partial charge in [-0.2, -0.15) is 0 Å². The Bertz CT molecular complexity index is 1180. The lowest BCUT2D eigenvalue weighted by molar-refractivity contribution is -0.119. The molecule has 0 atom stereocenters. The van der Waals surface area contributed by atoms with Gasteiger partial charge in [0.25, 0.3) is 11.8 Å². The van der Waals surface area contributed by atoms with Crippen molar-refractivity contribution in [1.29, 1.82) is 0 Å². The van der Waals surface area contributed by atoms with Crippen LogP contribution in [0.5, 0.6) is 5.75 Å². The molecule has 30 heavy (non-hydrogen) atoms. The molecule has 3 aromatic carbocycles. The summed E-state index contributed by atoms with van der Waals surface area (Å²) >= 11 is 7.09. The largest absolute Gasteiger partial charge is 0.496 e. The second-order valence-electron chi connectivity index (χ2n) is 6.36. The van der Waals surface area contributed by atoms with Crippen LogP contribution in [0.3, 0.4) is 0 Å². The first-order valence-corrected chi connectivity index (χ1v) is 10.1. The Morgan fingerprint density at radius 2 is 1.63 bits per heavy atom. The van der Waals surface area contributed by atoms with E-state index in [0.29, 0.717) is 11.3 Å². The number of imide groups is 1. The first-order chi connectivity index (χ1) is 14.5. The number of para-hydroxylation sites is 1. The fourth-order valence-corrected chi connectivity index (χ4v) is 4.34. The molecule has 0 radical (unpaired) electrons. The minimum atomic E-state index is -0.628. The molecule has 0 saturated heterocycles. The van der Waals surface area contributed by atoms with E-state index in [9.17, 15) is 14.0 Å². The molecule has 4 rings (SSSR count). The zero-order valence-electron chi connectivity index (χ0n) is 15.8. The maximum absolute atomic E-state index is 13.6. The van der Waals surface area contributed by atoms with Crippen molar-refractivity contribution < 1.29 is 18.7 Å². The number of thioether (sulfide) groups is 1. The van der Waals surface area contributed by atoms with Crippen LogP contribution in [0, 0.1) is 5.82 Å². The minimum Gasteiger partial charge on any atom is -0.496 e. The van der Waals surface area contributed by atoms with Crippen LogP contribution >= 0.6 is 23.4 Å². The maximum Gasteiger partial charge on any atom is 0.272 e. The van der Waals surface area contributed by atoms with Gasteiger partial charge < -0.3 is 4.74 Å². The molecule has 0 spiro atoms. The number of carbonyl (C=O) groups excluding carboxylic acids is 2. The van der Waals surface area contributed by atoms with Gasteiger partial charge in [-0.15, -0.1) is 0 Å². The average molecular weight is 440 g/mol. The number of benzene rings is 3. The van der Waals surface area contributed by atoms with Crippen LogP contribution in [0.4, 0.5) is 10.1 Å². The molecule has 1 aliphatic rings. The first-order valence-electron chi connectivity index (χ1n) is 8.95. The molecule has 0 fully saturated rings. The lowest BCUT2D eigenvalue weighted by atomic mass is 10.0. The molecular formula is C23H15ClFNO3S. The molecular weight excluding hydrogens is 425 g/mol. The van der Waals surface area contributed by atoms with E-state index in [2.05, 4.69) is 0 Å². The number of amides is 2. The molecule has 0 N–H and O–H groups in total. The highest BCUT2D eigenvalue weighted by atomic mass is 35.5. The Labute approximate surface area is 181 Å². The van der Waals surface area contributed by atoms with Crippen molar-refractivity contribution in [3.05, 3.63) is 94.1 Å². The van der Waals surface area contributed by atoms with Crippen LogP contribution in [0.15, 0.2) is 82.6 Å². The van der Waals surface area contributed by atoms with Gasteiger partial charge in [-0.05, 0) is 36.4 Å². The number of anilines is 1. The second kappa shape index (κ2) is 8.34. The molecule has 0 bridgehead atoms. The Morgan fingerprint density at radius 1 is 0.933 bits per heavy atom. The number of carbonyl (C=O) groups is 2. The second-order valence-corrected chi connectivity index (χ2v) is 7.85. The Hall–Kier alpha value is -3.09. The van der Waals surface area contributed by atoms with Crippen LogP contribution in [-0.2, 0) is 9.59 Å². The third kappa shape index (κ3) is 3.60. The van der Waals surface area contributed by atoms with E-state index in [1.807, 2.05) is 30.3 Å². The number of hydrogen-bond donors (Lipinski definition) is 0. The van der Waals surface area contributed by atoms with E-state index in [1.165, 1.54) is 31.0 Å². The van der Waals surface area contributed by atoms with Crippen molar-refractivity contribution in [2.75, 3.05) is 12.0 Å². The molecule has 0 saturated carbocycles. The normalized spacial score (nSPS) is 13.9. The third-order valence-electron chi connectivity index (χ3n) is 4.54. The summed E-state index contributed by atoms with van der Waals surface area (Å²) in [4.78, 5) is 28.9. The summed E-state index contributed by atoms with van der Waals surface area (Å²) in [6.07, 6.45) is 0. The molecule has 1 aliphatic heterocycles. The van der Waals surface area contributed by atoms with E-state index >= 15 is 0 Å². The third-order valence-corrected chi connectivity index (χ3v) is 5.92. The number of nitrogens with zero attached hydrogens (tertiary/aromatic N) is 1. The number of halogens is 2. The number of rotatable bonds is 5. The van der Waals surface area contributed by atoms with Gasteiger partial charge in [0.2, 0.25) is 0 Å². The number of methoxy groups -OCH3 is 1. The predicted molar refractivity (Wildman–Crippen MR) is 116 cm³/mol. The average Bonchev–Trinajstić information content (AvgIpc) is 3.00. The highest BCUT2D eigenvalue weighted by Crippen LogP contribution is 2.43. The zero-order chi connectivity index (χ0) is 21.3. The summed E-state index contributed by atoms with van der Waals surface area (Å²) in [5.41, 5.74) is 0.937. The predicted octanol–water partition coefficient (Wildman–Crippen LogP) is 5.56. The first kappa shape index (κ1) is 20.2. The number of hydrogen-bond acceptors (Lipinski definition) is 4. The van der Waals surface area contributed by atoms with Gasteiger partial charge >= 0.3 is 0 Å². The van der Waals surface area contributed by atoms with Crippen molar-refractivity contribution in [2.24, 2.45) is 0 Å². The summed E-state index contributed by atoms with van der Waals surface area (Å²) in [5, 5.41) is -0.170. The Kier molecular flexibility index (Phi) is 5.61. The lowest BCUT2D eigenvalue weighted by Crippen LogP contribution is -2.31. The fourth-order valence-electron chi connectivity index (χ4n) is 3.16. The highest BCUT2D eigenvalue weighted by Gasteiger charge is 2.41. The number of ether oxygens (including phenoxy) is 1. The van der Waals surface area contributed by atoms with Gasteiger partial charge in [-0.3, -0.25) is 9.59 Å². The van der Waals surface area contributed by atoms with Gasteiger partial charge in [-0.25, -0.2) is 9.29 Å². The van der Waals surface area contributed by atoms with Crippen molar-refractivity contribution >= 4 is 46.4 Å². The van der Waals surface area contributed by atoms with Gasteiger partial charge in [0.05, 0.1) is 28.3 Å². The van der Waals surface area contributed by atoms with E-state index in [0.717, 1.165) is 15.9 Å². The van der Waals surface area contributed by atoms with Crippen molar-refractivity contribution in [1.82, 2.24) is 0 Å². The molecule has 2 amide bonds. The van der Waals surface area contributed by atoms with Gasteiger partial charge in [0, 0.05) is 10.5 Å². The molecule has 0 aliphatic carbocycles.